The number of carboxylic acid groups (broad SMARTS) is 1. The Morgan fingerprint density at radius 2 is 1.58 bits per heavy atom. The smallest absolute Gasteiger partial charge is 0.416 e. The van der Waals surface area contributed by atoms with Gasteiger partial charge in [-0.2, -0.15) is 26.3 Å². The molecule has 1 unspecified atom stereocenters. The van der Waals surface area contributed by atoms with Crippen molar-refractivity contribution in [2.45, 2.75) is 54.7 Å². The van der Waals surface area contributed by atoms with E-state index in [1.54, 1.807) is 6.92 Å². The van der Waals surface area contributed by atoms with Crippen molar-refractivity contribution >= 4 is 34.7 Å². The largest absolute Gasteiger partial charge is 0.496 e. The van der Waals surface area contributed by atoms with Crippen molar-refractivity contribution in [2.24, 2.45) is 0 Å². The summed E-state index contributed by atoms with van der Waals surface area (Å²) in [5.41, 5.74) is -0.372. The third-order valence-corrected chi connectivity index (χ3v) is 10.7. The molecule has 50 heavy (non-hydrogen) atoms. The van der Waals surface area contributed by atoms with Crippen LogP contribution in [-0.4, -0.2) is 32.7 Å². The predicted molar refractivity (Wildman–Crippen MR) is 176 cm³/mol. The number of carbonyl (C=O) groups is 2. The maximum Gasteiger partial charge on any atom is 0.416 e. The molecule has 2 aliphatic rings. The SMILES string of the molecule is COc1cc(F)c(-c2ccc(C(=O)O)cc2C)cc1-c1ccc(C(F)(F)F)cc1[C@@H]1CCC2(I)[C@@H](c3cc(C)cc(C(F)(F)F)c3)OC(=O)N12. The Morgan fingerprint density at radius 3 is 2.20 bits per heavy atom. The number of ether oxygens (including phenoxy) is 2. The monoisotopic (exact) mass is 813 g/mol. The summed E-state index contributed by atoms with van der Waals surface area (Å²) in [5, 5.41) is 9.39. The van der Waals surface area contributed by atoms with E-state index in [4.69, 9.17) is 9.47 Å². The van der Waals surface area contributed by atoms with E-state index in [-0.39, 0.29) is 57.5 Å². The molecule has 6 rings (SSSR count). The molecule has 0 aliphatic carbocycles. The Kier molecular flexibility index (Phi) is 8.84. The van der Waals surface area contributed by atoms with Crippen molar-refractivity contribution in [1.29, 1.82) is 0 Å². The summed E-state index contributed by atoms with van der Waals surface area (Å²) in [6.07, 6.45) is -11.2. The molecule has 4 aromatic carbocycles. The van der Waals surface area contributed by atoms with Gasteiger partial charge in [0.25, 0.3) is 0 Å². The van der Waals surface area contributed by atoms with Crippen LogP contribution in [0.3, 0.4) is 0 Å². The minimum atomic E-state index is -4.78. The quantitative estimate of drug-likeness (QED) is 0.0908. The number of carbonyl (C=O) groups excluding carboxylic acids is 1. The van der Waals surface area contributed by atoms with E-state index in [1.165, 1.54) is 55.3 Å². The van der Waals surface area contributed by atoms with Gasteiger partial charge in [-0.15, -0.1) is 0 Å². The van der Waals surface area contributed by atoms with Crippen LogP contribution in [0.1, 0.15) is 68.7 Å². The molecule has 1 amide bonds. The van der Waals surface area contributed by atoms with Crippen LogP contribution < -0.4 is 4.74 Å². The second-order valence-electron chi connectivity index (χ2n) is 12.3. The Bertz CT molecular complexity index is 2050. The van der Waals surface area contributed by atoms with Gasteiger partial charge in [0, 0.05) is 17.2 Å². The number of alkyl halides is 7. The molecule has 3 atom stereocenters. The van der Waals surface area contributed by atoms with Gasteiger partial charge >= 0.3 is 24.4 Å². The first-order valence-corrected chi connectivity index (χ1v) is 16.2. The molecule has 0 aromatic heterocycles. The van der Waals surface area contributed by atoms with Crippen LogP contribution in [0.15, 0.2) is 66.7 Å². The minimum absolute atomic E-state index is 0.0212. The lowest BCUT2D eigenvalue weighted by molar-refractivity contribution is -0.138. The zero-order valence-corrected chi connectivity index (χ0v) is 28.6. The summed E-state index contributed by atoms with van der Waals surface area (Å²) < 4.78 is 109. The van der Waals surface area contributed by atoms with E-state index >= 15 is 4.39 Å². The number of cyclic esters (lactones) is 1. The molecule has 0 spiro atoms. The van der Waals surface area contributed by atoms with Crippen molar-refractivity contribution < 1.29 is 54.9 Å². The number of aromatic carboxylic acids is 1. The molecule has 262 valence electrons. The van der Waals surface area contributed by atoms with Gasteiger partial charge in [0.15, 0.2) is 6.10 Å². The van der Waals surface area contributed by atoms with Gasteiger partial charge in [0.05, 0.1) is 29.8 Å². The molecule has 4 aromatic rings. The van der Waals surface area contributed by atoms with Crippen LogP contribution in [0.25, 0.3) is 22.3 Å². The van der Waals surface area contributed by atoms with Crippen LogP contribution in [0, 0.1) is 19.7 Å². The Balaban J connectivity index is 1.51. The highest BCUT2D eigenvalue weighted by molar-refractivity contribution is 14.1. The predicted octanol–water partition coefficient (Wildman–Crippen LogP) is 10.7. The number of hydrogen-bond donors (Lipinski definition) is 1. The van der Waals surface area contributed by atoms with Gasteiger partial charge in [-0.25, -0.2) is 14.0 Å². The fraction of sp³-hybridized carbons (Fsp3) is 0.278. The van der Waals surface area contributed by atoms with Crippen LogP contribution in [0.5, 0.6) is 5.75 Å². The lowest BCUT2D eigenvalue weighted by Crippen LogP contribution is -2.38. The number of halogens is 8. The molecule has 0 radical (unpaired) electrons. The first-order chi connectivity index (χ1) is 23.3. The average molecular weight is 814 g/mol. The third kappa shape index (κ3) is 6.15. The minimum Gasteiger partial charge on any atom is -0.496 e. The standard InChI is InChI=1S/C36H27F7INO5/c1-17-10-20(13-22(11-17)36(41,42)43)31-34(44)9-8-29(45(34)33(48)50-31)26-14-21(35(38,39)40)5-7-24(26)27-15-25(28(37)16-30(27)49-3)23-6-4-19(32(46)47)12-18(23)2/h4-7,10-16,29,31H,8-9H2,1-3H3,(H,46,47)/t29-,31+,34?/m0/s1. The Labute approximate surface area is 294 Å². The summed E-state index contributed by atoms with van der Waals surface area (Å²) in [6, 6.07) is 11.9. The number of aryl methyl sites for hydroxylation is 2. The van der Waals surface area contributed by atoms with Crippen molar-refractivity contribution in [1.82, 2.24) is 4.90 Å². The fourth-order valence-corrected chi connectivity index (χ4v) is 8.21. The molecule has 2 aliphatic heterocycles. The highest BCUT2D eigenvalue weighted by atomic mass is 127. The van der Waals surface area contributed by atoms with Crippen LogP contribution in [0.2, 0.25) is 0 Å². The summed E-state index contributed by atoms with van der Waals surface area (Å²) in [7, 11) is 1.26. The maximum absolute atomic E-state index is 15.6. The Morgan fingerprint density at radius 1 is 0.900 bits per heavy atom. The summed E-state index contributed by atoms with van der Waals surface area (Å²) in [6.45, 7) is 3.07. The third-order valence-electron chi connectivity index (χ3n) is 9.11. The molecule has 2 heterocycles. The number of hydrogen-bond acceptors (Lipinski definition) is 4. The molecule has 6 nitrogen and oxygen atoms in total. The highest BCUT2D eigenvalue weighted by Gasteiger charge is 2.61. The molecule has 2 saturated heterocycles. The van der Waals surface area contributed by atoms with Crippen molar-refractivity contribution in [2.75, 3.05) is 7.11 Å². The van der Waals surface area contributed by atoms with Crippen molar-refractivity contribution in [3.05, 3.63) is 111 Å². The van der Waals surface area contributed by atoms with E-state index < -0.39 is 57.1 Å². The summed E-state index contributed by atoms with van der Waals surface area (Å²) in [4.78, 5) is 26.4. The molecule has 1 N–H and O–H groups in total. The topological polar surface area (TPSA) is 76.1 Å². The van der Waals surface area contributed by atoms with Gasteiger partial charge in [0.1, 0.15) is 15.1 Å². The van der Waals surface area contributed by atoms with E-state index in [9.17, 15) is 41.0 Å². The van der Waals surface area contributed by atoms with E-state index in [0.717, 1.165) is 30.3 Å². The van der Waals surface area contributed by atoms with Crippen molar-refractivity contribution in [3.63, 3.8) is 0 Å². The number of benzene rings is 4. The molecule has 0 bridgehead atoms. The van der Waals surface area contributed by atoms with Crippen molar-refractivity contribution in [3.8, 4) is 28.0 Å². The summed E-state index contributed by atoms with van der Waals surface area (Å²) >= 11 is 1.94. The van der Waals surface area contributed by atoms with Gasteiger partial charge < -0.3 is 14.6 Å². The summed E-state index contributed by atoms with van der Waals surface area (Å²) in [5.74, 6) is -1.94. The van der Waals surface area contributed by atoms with Crippen LogP contribution >= 0.6 is 22.6 Å². The second-order valence-corrected chi connectivity index (χ2v) is 14.2. The number of nitrogens with zero attached hydrogens (tertiary/aromatic N) is 1. The first-order valence-electron chi connectivity index (χ1n) is 15.1. The molecule has 0 saturated carbocycles. The second kappa shape index (κ2) is 12.5. The van der Waals surface area contributed by atoms with E-state index in [2.05, 4.69) is 0 Å². The van der Waals surface area contributed by atoms with Crippen LogP contribution in [-0.2, 0) is 17.1 Å². The van der Waals surface area contributed by atoms with Gasteiger partial charge in [-0.1, -0.05) is 46.4 Å². The maximum atomic E-state index is 15.6. The number of amides is 1. The average Bonchev–Trinajstić information content (AvgIpc) is 3.52. The highest BCUT2D eigenvalue weighted by Crippen LogP contribution is 2.60. The Hall–Kier alpha value is -4.34. The van der Waals surface area contributed by atoms with Crippen LogP contribution in [0.4, 0.5) is 35.5 Å². The first kappa shape index (κ1) is 35.5. The number of fused-ring (bicyclic) bond motifs is 1. The van der Waals surface area contributed by atoms with Gasteiger partial charge in [-0.05, 0) is 97.0 Å². The van der Waals surface area contributed by atoms with E-state index in [1.807, 2.05) is 22.6 Å². The number of carboxylic acids is 1. The van der Waals surface area contributed by atoms with Gasteiger partial charge in [-0.3, -0.25) is 4.90 Å². The normalized spacial score (nSPS) is 20.5. The molecular formula is C36H27F7INO5. The number of methoxy groups -OCH3 is 1. The molecular weight excluding hydrogens is 786 g/mol. The molecule has 2 fully saturated rings. The zero-order valence-electron chi connectivity index (χ0n) is 26.5. The molecule has 14 heteroatoms. The fourth-order valence-electron chi connectivity index (χ4n) is 6.88. The zero-order chi connectivity index (χ0) is 36.5. The number of rotatable bonds is 6. The van der Waals surface area contributed by atoms with Gasteiger partial charge in [0.2, 0.25) is 0 Å². The van der Waals surface area contributed by atoms with E-state index in [0.29, 0.717) is 11.1 Å². The lowest BCUT2D eigenvalue weighted by Gasteiger charge is -2.31. The lowest BCUT2D eigenvalue weighted by atomic mass is 9.88.